The van der Waals surface area contributed by atoms with Crippen molar-refractivity contribution in [2.24, 2.45) is 0 Å². The van der Waals surface area contributed by atoms with E-state index in [1.54, 1.807) is 11.3 Å². The molecule has 0 spiro atoms. The summed E-state index contributed by atoms with van der Waals surface area (Å²) in [4.78, 5) is 4.35. The second-order valence-electron chi connectivity index (χ2n) is 3.89. The van der Waals surface area contributed by atoms with Crippen molar-refractivity contribution >= 4 is 11.3 Å². The van der Waals surface area contributed by atoms with E-state index in [4.69, 9.17) is 5.26 Å². The van der Waals surface area contributed by atoms with Crippen molar-refractivity contribution < 1.29 is 5.11 Å². The summed E-state index contributed by atoms with van der Waals surface area (Å²) in [5, 5.41) is 18.1. The molecule has 15 heavy (non-hydrogen) atoms. The molecule has 1 N–H and O–H groups in total. The number of rotatable bonds is 2. The van der Waals surface area contributed by atoms with Gasteiger partial charge in [0.05, 0.1) is 6.10 Å². The fraction of sp³-hybridized carbons (Fsp3) is 0.545. The Balaban J connectivity index is 1.89. The van der Waals surface area contributed by atoms with Gasteiger partial charge in [-0.15, -0.1) is 11.3 Å². The molecular weight excluding hydrogens is 208 g/mol. The SMILES string of the molecule is N#Cc1ccc(CN2CCC(O)CC2)s1. The van der Waals surface area contributed by atoms with Crippen molar-refractivity contribution in [3.63, 3.8) is 0 Å². The average Bonchev–Trinajstić information content (AvgIpc) is 2.69. The van der Waals surface area contributed by atoms with Gasteiger partial charge in [-0.2, -0.15) is 5.26 Å². The molecule has 0 saturated carbocycles. The summed E-state index contributed by atoms with van der Waals surface area (Å²) in [6.45, 7) is 2.83. The summed E-state index contributed by atoms with van der Waals surface area (Å²) in [7, 11) is 0. The fourth-order valence-electron chi connectivity index (χ4n) is 1.82. The van der Waals surface area contributed by atoms with Gasteiger partial charge in [-0.1, -0.05) is 0 Å². The van der Waals surface area contributed by atoms with Gasteiger partial charge in [0.1, 0.15) is 10.9 Å². The van der Waals surface area contributed by atoms with Crippen LogP contribution in [0.25, 0.3) is 0 Å². The average molecular weight is 222 g/mol. The molecular formula is C11H14N2OS. The van der Waals surface area contributed by atoms with Crippen LogP contribution in [0, 0.1) is 11.3 Å². The highest BCUT2D eigenvalue weighted by molar-refractivity contribution is 7.12. The Hall–Kier alpha value is -0.890. The summed E-state index contributed by atoms with van der Waals surface area (Å²) in [5.41, 5.74) is 0. The van der Waals surface area contributed by atoms with E-state index in [1.165, 1.54) is 4.88 Å². The van der Waals surface area contributed by atoms with Crippen LogP contribution >= 0.6 is 11.3 Å². The van der Waals surface area contributed by atoms with Crippen molar-refractivity contribution in [2.75, 3.05) is 13.1 Å². The van der Waals surface area contributed by atoms with Gasteiger partial charge >= 0.3 is 0 Å². The molecule has 80 valence electrons. The van der Waals surface area contributed by atoms with Crippen molar-refractivity contribution in [1.29, 1.82) is 5.26 Å². The minimum Gasteiger partial charge on any atom is -0.393 e. The third kappa shape index (κ3) is 2.78. The molecule has 0 atom stereocenters. The van der Waals surface area contributed by atoms with Gasteiger partial charge in [0.2, 0.25) is 0 Å². The van der Waals surface area contributed by atoms with Crippen LogP contribution in [0.4, 0.5) is 0 Å². The van der Waals surface area contributed by atoms with Gasteiger partial charge in [0, 0.05) is 24.5 Å². The first kappa shape index (κ1) is 10.6. The van der Waals surface area contributed by atoms with Crippen LogP contribution in [0.2, 0.25) is 0 Å². The molecule has 0 aromatic carbocycles. The topological polar surface area (TPSA) is 47.3 Å². The molecule has 1 aliphatic heterocycles. The maximum atomic E-state index is 9.37. The zero-order chi connectivity index (χ0) is 10.7. The quantitative estimate of drug-likeness (QED) is 0.826. The molecule has 4 heteroatoms. The lowest BCUT2D eigenvalue weighted by Gasteiger charge is -2.28. The van der Waals surface area contributed by atoms with Crippen molar-refractivity contribution in [2.45, 2.75) is 25.5 Å². The van der Waals surface area contributed by atoms with E-state index in [0.717, 1.165) is 37.4 Å². The minimum atomic E-state index is -0.112. The van der Waals surface area contributed by atoms with Gasteiger partial charge in [-0.3, -0.25) is 4.90 Å². The van der Waals surface area contributed by atoms with Crippen LogP contribution in [0.15, 0.2) is 12.1 Å². The number of hydrogen-bond acceptors (Lipinski definition) is 4. The van der Waals surface area contributed by atoms with Crippen LogP contribution in [0.3, 0.4) is 0 Å². The van der Waals surface area contributed by atoms with Gasteiger partial charge in [-0.25, -0.2) is 0 Å². The molecule has 2 rings (SSSR count). The lowest BCUT2D eigenvalue weighted by molar-refractivity contribution is 0.0797. The standard InChI is InChI=1S/C11H14N2OS/c12-7-10-1-2-11(15-10)8-13-5-3-9(14)4-6-13/h1-2,9,14H,3-6,8H2. The van der Waals surface area contributed by atoms with Gasteiger partial charge in [-0.05, 0) is 25.0 Å². The van der Waals surface area contributed by atoms with E-state index in [1.807, 2.05) is 12.1 Å². The van der Waals surface area contributed by atoms with Crippen LogP contribution in [0.5, 0.6) is 0 Å². The molecule has 1 aromatic heterocycles. The van der Waals surface area contributed by atoms with Crippen LogP contribution < -0.4 is 0 Å². The predicted octanol–water partition coefficient (Wildman–Crippen LogP) is 1.58. The molecule has 1 aromatic rings. The van der Waals surface area contributed by atoms with Crippen LogP contribution in [-0.2, 0) is 6.54 Å². The van der Waals surface area contributed by atoms with E-state index < -0.39 is 0 Å². The Morgan fingerprint density at radius 2 is 2.20 bits per heavy atom. The largest absolute Gasteiger partial charge is 0.393 e. The molecule has 0 unspecified atom stereocenters. The molecule has 0 bridgehead atoms. The van der Waals surface area contributed by atoms with E-state index in [0.29, 0.717) is 0 Å². The highest BCUT2D eigenvalue weighted by Crippen LogP contribution is 2.19. The fourth-order valence-corrected chi connectivity index (χ4v) is 2.67. The number of nitriles is 1. The van der Waals surface area contributed by atoms with Gasteiger partial charge < -0.3 is 5.11 Å². The number of nitrogens with zero attached hydrogens (tertiary/aromatic N) is 2. The molecule has 0 aliphatic carbocycles. The highest BCUT2D eigenvalue weighted by Gasteiger charge is 2.17. The predicted molar refractivity (Wildman–Crippen MR) is 59.6 cm³/mol. The monoisotopic (exact) mass is 222 g/mol. The number of aliphatic hydroxyl groups excluding tert-OH is 1. The van der Waals surface area contributed by atoms with E-state index >= 15 is 0 Å². The number of thiophene rings is 1. The van der Waals surface area contributed by atoms with Gasteiger partial charge in [0.25, 0.3) is 0 Å². The smallest absolute Gasteiger partial charge is 0.110 e. The Morgan fingerprint density at radius 3 is 2.80 bits per heavy atom. The normalized spacial score (nSPS) is 18.9. The molecule has 0 amide bonds. The van der Waals surface area contributed by atoms with E-state index in [2.05, 4.69) is 11.0 Å². The first-order chi connectivity index (χ1) is 7.28. The lowest BCUT2D eigenvalue weighted by Crippen LogP contribution is -2.35. The van der Waals surface area contributed by atoms with Crippen molar-refractivity contribution in [3.8, 4) is 6.07 Å². The lowest BCUT2D eigenvalue weighted by atomic mass is 10.1. The van der Waals surface area contributed by atoms with Crippen LogP contribution in [0.1, 0.15) is 22.6 Å². The zero-order valence-corrected chi connectivity index (χ0v) is 9.33. The number of hydrogen-bond donors (Lipinski definition) is 1. The van der Waals surface area contributed by atoms with Crippen molar-refractivity contribution in [1.82, 2.24) is 4.90 Å². The number of aliphatic hydroxyl groups is 1. The van der Waals surface area contributed by atoms with E-state index in [9.17, 15) is 5.11 Å². The summed E-state index contributed by atoms with van der Waals surface area (Å²) < 4.78 is 0. The second kappa shape index (κ2) is 4.75. The molecule has 2 heterocycles. The summed E-state index contributed by atoms with van der Waals surface area (Å²) >= 11 is 1.56. The molecule has 0 radical (unpaired) electrons. The number of likely N-dealkylation sites (tertiary alicyclic amines) is 1. The Bertz CT molecular complexity index is 361. The third-order valence-corrected chi connectivity index (χ3v) is 3.68. The Labute approximate surface area is 93.6 Å². The first-order valence-corrected chi connectivity index (χ1v) is 5.99. The first-order valence-electron chi connectivity index (χ1n) is 5.17. The van der Waals surface area contributed by atoms with Crippen LogP contribution in [-0.4, -0.2) is 29.2 Å². The maximum Gasteiger partial charge on any atom is 0.110 e. The molecule has 1 saturated heterocycles. The van der Waals surface area contributed by atoms with Gasteiger partial charge in [0.15, 0.2) is 0 Å². The second-order valence-corrected chi connectivity index (χ2v) is 5.05. The Morgan fingerprint density at radius 1 is 1.47 bits per heavy atom. The molecule has 1 fully saturated rings. The molecule has 1 aliphatic rings. The molecule has 3 nitrogen and oxygen atoms in total. The minimum absolute atomic E-state index is 0.112. The third-order valence-electron chi connectivity index (χ3n) is 2.71. The summed E-state index contributed by atoms with van der Waals surface area (Å²) in [6.07, 6.45) is 1.63. The zero-order valence-electron chi connectivity index (χ0n) is 8.52. The highest BCUT2D eigenvalue weighted by atomic mass is 32.1. The maximum absolute atomic E-state index is 9.37. The summed E-state index contributed by atoms with van der Waals surface area (Å²) in [6, 6.07) is 6.05. The number of piperidine rings is 1. The van der Waals surface area contributed by atoms with E-state index in [-0.39, 0.29) is 6.10 Å². The summed E-state index contributed by atoms with van der Waals surface area (Å²) in [5.74, 6) is 0. The van der Waals surface area contributed by atoms with Crippen molar-refractivity contribution in [3.05, 3.63) is 21.9 Å². The Kier molecular flexibility index (Phi) is 3.37.